The summed E-state index contributed by atoms with van der Waals surface area (Å²) in [5, 5.41) is 3.33. The highest BCUT2D eigenvalue weighted by Gasteiger charge is 2.28. The number of anilines is 1. The van der Waals surface area contributed by atoms with Crippen molar-refractivity contribution in [3.05, 3.63) is 24.3 Å². The summed E-state index contributed by atoms with van der Waals surface area (Å²) in [4.78, 5) is 0.334. The van der Waals surface area contributed by atoms with Gasteiger partial charge in [-0.05, 0) is 55.9 Å². The standard InChI is InChI=1S/C14H21N3O2S/c15-11-7-10(8-11)9-16-12-3-5-14(6-4-12)20(18,19)17-13-1-2-13/h3-6,10-11,13,16-17H,1-2,7-9,15H2. The fraction of sp³-hybridized carbons (Fsp3) is 0.571. The molecule has 0 radical (unpaired) electrons. The first kappa shape index (κ1) is 13.9. The van der Waals surface area contributed by atoms with Gasteiger partial charge in [-0.3, -0.25) is 0 Å². The third kappa shape index (κ3) is 3.31. The fourth-order valence-electron chi connectivity index (χ4n) is 2.46. The molecule has 6 heteroatoms. The van der Waals surface area contributed by atoms with Crippen LogP contribution in [0.15, 0.2) is 29.2 Å². The van der Waals surface area contributed by atoms with Gasteiger partial charge in [0.2, 0.25) is 10.0 Å². The van der Waals surface area contributed by atoms with Gasteiger partial charge in [0, 0.05) is 24.3 Å². The lowest BCUT2D eigenvalue weighted by Gasteiger charge is -2.32. The van der Waals surface area contributed by atoms with Crippen LogP contribution in [0.5, 0.6) is 0 Å². The molecule has 0 saturated heterocycles. The van der Waals surface area contributed by atoms with Crippen LogP contribution >= 0.6 is 0 Å². The molecule has 0 aromatic heterocycles. The summed E-state index contributed by atoms with van der Waals surface area (Å²) < 4.78 is 26.7. The molecule has 3 rings (SSSR count). The molecule has 0 atom stereocenters. The Bertz CT molecular complexity index is 561. The van der Waals surface area contributed by atoms with Crippen LogP contribution in [-0.2, 0) is 10.0 Å². The van der Waals surface area contributed by atoms with Crippen molar-refractivity contribution in [2.24, 2.45) is 11.7 Å². The van der Waals surface area contributed by atoms with Crippen molar-refractivity contribution in [2.75, 3.05) is 11.9 Å². The van der Waals surface area contributed by atoms with Gasteiger partial charge in [0.25, 0.3) is 0 Å². The zero-order chi connectivity index (χ0) is 14.2. The molecule has 110 valence electrons. The Morgan fingerprint density at radius 1 is 1.15 bits per heavy atom. The second kappa shape index (κ2) is 5.35. The Morgan fingerprint density at radius 2 is 1.80 bits per heavy atom. The second-order valence-corrected chi connectivity index (χ2v) is 7.61. The van der Waals surface area contributed by atoms with Crippen molar-refractivity contribution >= 4 is 15.7 Å². The van der Waals surface area contributed by atoms with Gasteiger partial charge < -0.3 is 11.1 Å². The Labute approximate surface area is 120 Å². The quantitative estimate of drug-likeness (QED) is 0.738. The predicted molar refractivity (Wildman–Crippen MR) is 79.0 cm³/mol. The molecule has 1 aromatic carbocycles. The minimum Gasteiger partial charge on any atom is -0.385 e. The number of benzene rings is 1. The molecule has 0 amide bonds. The van der Waals surface area contributed by atoms with Crippen molar-refractivity contribution in [3.63, 3.8) is 0 Å². The van der Waals surface area contributed by atoms with Crippen molar-refractivity contribution in [1.82, 2.24) is 4.72 Å². The van der Waals surface area contributed by atoms with Crippen LogP contribution in [-0.4, -0.2) is 27.0 Å². The number of sulfonamides is 1. The van der Waals surface area contributed by atoms with Gasteiger partial charge in [-0.15, -0.1) is 0 Å². The molecule has 0 bridgehead atoms. The molecule has 2 fully saturated rings. The molecule has 0 spiro atoms. The van der Waals surface area contributed by atoms with Crippen LogP contribution in [0.2, 0.25) is 0 Å². The molecule has 5 nitrogen and oxygen atoms in total. The van der Waals surface area contributed by atoms with Gasteiger partial charge in [0.1, 0.15) is 0 Å². The summed E-state index contributed by atoms with van der Waals surface area (Å²) in [5.74, 6) is 0.643. The molecule has 0 unspecified atom stereocenters. The molecule has 4 N–H and O–H groups in total. The van der Waals surface area contributed by atoms with E-state index in [1.54, 1.807) is 12.1 Å². The lowest BCUT2D eigenvalue weighted by atomic mass is 9.81. The highest BCUT2D eigenvalue weighted by molar-refractivity contribution is 7.89. The first-order chi connectivity index (χ1) is 9.53. The monoisotopic (exact) mass is 295 g/mol. The summed E-state index contributed by atoms with van der Waals surface area (Å²) in [5.41, 5.74) is 6.70. The van der Waals surface area contributed by atoms with Crippen molar-refractivity contribution in [2.45, 2.75) is 42.7 Å². The maximum atomic E-state index is 12.0. The lowest BCUT2D eigenvalue weighted by molar-refractivity contribution is 0.280. The summed E-state index contributed by atoms with van der Waals surface area (Å²) in [7, 11) is -3.34. The Kier molecular flexibility index (Phi) is 3.70. The molecule has 0 heterocycles. The molecule has 2 aliphatic carbocycles. The van der Waals surface area contributed by atoms with Crippen molar-refractivity contribution in [3.8, 4) is 0 Å². The van der Waals surface area contributed by atoms with E-state index in [1.165, 1.54) is 0 Å². The van der Waals surface area contributed by atoms with E-state index in [1.807, 2.05) is 12.1 Å². The Balaban J connectivity index is 1.56. The van der Waals surface area contributed by atoms with Gasteiger partial charge in [-0.25, -0.2) is 13.1 Å². The number of nitrogens with one attached hydrogen (secondary N) is 2. The highest BCUT2D eigenvalue weighted by atomic mass is 32.2. The van der Waals surface area contributed by atoms with E-state index in [0.29, 0.717) is 16.9 Å². The van der Waals surface area contributed by atoms with E-state index in [-0.39, 0.29) is 6.04 Å². The highest BCUT2D eigenvalue weighted by Crippen LogP contribution is 2.26. The topological polar surface area (TPSA) is 84.2 Å². The smallest absolute Gasteiger partial charge is 0.240 e. The summed E-state index contributed by atoms with van der Waals surface area (Å²) >= 11 is 0. The van der Waals surface area contributed by atoms with Gasteiger partial charge in [0.15, 0.2) is 0 Å². The normalized spacial score (nSPS) is 26.1. The third-order valence-corrected chi connectivity index (χ3v) is 5.47. The average Bonchev–Trinajstić information content (AvgIpc) is 3.17. The van der Waals surface area contributed by atoms with Crippen LogP contribution in [0.25, 0.3) is 0 Å². The first-order valence-corrected chi connectivity index (χ1v) is 8.63. The van der Waals surface area contributed by atoms with E-state index in [9.17, 15) is 8.42 Å². The van der Waals surface area contributed by atoms with E-state index >= 15 is 0 Å². The molecule has 1 aromatic rings. The molecule has 20 heavy (non-hydrogen) atoms. The van der Waals surface area contributed by atoms with Crippen LogP contribution in [0.4, 0.5) is 5.69 Å². The van der Waals surface area contributed by atoms with Gasteiger partial charge >= 0.3 is 0 Å². The van der Waals surface area contributed by atoms with Crippen LogP contribution in [0.1, 0.15) is 25.7 Å². The molecule has 2 saturated carbocycles. The Morgan fingerprint density at radius 3 is 2.35 bits per heavy atom. The zero-order valence-electron chi connectivity index (χ0n) is 11.4. The molecule has 0 aliphatic heterocycles. The van der Waals surface area contributed by atoms with E-state index in [4.69, 9.17) is 5.73 Å². The number of nitrogens with two attached hydrogens (primary N) is 1. The van der Waals surface area contributed by atoms with Crippen LogP contribution in [0, 0.1) is 5.92 Å². The first-order valence-electron chi connectivity index (χ1n) is 7.15. The summed E-state index contributed by atoms with van der Waals surface area (Å²) in [6.07, 6.45) is 4.04. The molecular formula is C14H21N3O2S. The largest absolute Gasteiger partial charge is 0.385 e. The van der Waals surface area contributed by atoms with Gasteiger partial charge in [-0.2, -0.15) is 0 Å². The van der Waals surface area contributed by atoms with E-state index in [0.717, 1.165) is 37.9 Å². The van der Waals surface area contributed by atoms with Gasteiger partial charge in [-0.1, -0.05) is 0 Å². The average molecular weight is 295 g/mol. The predicted octanol–water partition coefficient (Wildman–Crippen LogP) is 1.28. The summed E-state index contributed by atoms with van der Waals surface area (Å²) in [6, 6.07) is 7.45. The van der Waals surface area contributed by atoms with E-state index in [2.05, 4.69) is 10.0 Å². The maximum absolute atomic E-state index is 12.0. The fourth-order valence-corrected chi connectivity index (χ4v) is 3.76. The molecule has 2 aliphatic rings. The van der Waals surface area contributed by atoms with Crippen molar-refractivity contribution < 1.29 is 8.42 Å². The number of hydrogen-bond donors (Lipinski definition) is 3. The minimum absolute atomic E-state index is 0.139. The van der Waals surface area contributed by atoms with Crippen LogP contribution in [0.3, 0.4) is 0 Å². The van der Waals surface area contributed by atoms with Crippen molar-refractivity contribution in [1.29, 1.82) is 0 Å². The second-order valence-electron chi connectivity index (χ2n) is 5.90. The number of rotatable bonds is 6. The van der Waals surface area contributed by atoms with Crippen LogP contribution < -0.4 is 15.8 Å². The number of hydrogen-bond acceptors (Lipinski definition) is 4. The minimum atomic E-state index is -3.34. The summed E-state index contributed by atoms with van der Waals surface area (Å²) in [6.45, 7) is 0.903. The zero-order valence-corrected chi connectivity index (χ0v) is 12.2. The van der Waals surface area contributed by atoms with E-state index < -0.39 is 10.0 Å². The Hall–Kier alpha value is -1.11. The van der Waals surface area contributed by atoms with Gasteiger partial charge in [0.05, 0.1) is 4.90 Å². The SMILES string of the molecule is NC1CC(CNc2ccc(S(=O)(=O)NC3CC3)cc2)C1. The lowest BCUT2D eigenvalue weighted by Crippen LogP contribution is -2.39. The maximum Gasteiger partial charge on any atom is 0.240 e. The third-order valence-electron chi connectivity index (χ3n) is 3.93. The molecular weight excluding hydrogens is 274 g/mol.